The maximum Gasteiger partial charge on any atom is 0.273 e. The quantitative estimate of drug-likeness (QED) is 0.645. The maximum atomic E-state index is 12.5. The third kappa shape index (κ3) is 2.05. The lowest BCUT2D eigenvalue weighted by atomic mass is 10.1. The molecule has 4 heteroatoms. The zero-order chi connectivity index (χ0) is 13.6. The summed E-state index contributed by atoms with van der Waals surface area (Å²) in [6, 6.07) is 11.9. The Hall–Kier alpha value is -1.39. The largest absolute Gasteiger partial charge is 0.273 e. The van der Waals surface area contributed by atoms with E-state index >= 15 is 0 Å². The summed E-state index contributed by atoms with van der Waals surface area (Å²) in [6.45, 7) is 4.08. The molecular formula is C15H12BrNOS. The van der Waals surface area contributed by atoms with Crippen LogP contribution in [0.3, 0.4) is 0 Å². The normalized spacial score (nSPS) is 11.1. The first-order chi connectivity index (χ1) is 9.08. The first-order valence-corrected chi connectivity index (χ1v) is 7.53. The minimum Gasteiger partial charge on any atom is -0.267 e. The van der Waals surface area contributed by atoms with Crippen LogP contribution in [0.5, 0.6) is 0 Å². The molecule has 19 heavy (non-hydrogen) atoms. The van der Waals surface area contributed by atoms with Crippen LogP contribution in [0.4, 0.5) is 0 Å². The average Bonchev–Trinajstić information content (AvgIpc) is 2.66. The van der Waals surface area contributed by atoms with Gasteiger partial charge in [-0.3, -0.25) is 4.79 Å². The van der Waals surface area contributed by atoms with Gasteiger partial charge in [-0.15, -0.1) is 0 Å². The third-order valence-corrected chi connectivity index (χ3v) is 4.78. The van der Waals surface area contributed by atoms with Gasteiger partial charge in [0.1, 0.15) is 0 Å². The highest BCUT2D eigenvalue weighted by Crippen LogP contribution is 2.29. The monoisotopic (exact) mass is 333 g/mol. The Morgan fingerprint density at radius 2 is 1.89 bits per heavy atom. The molecule has 0 bridgehead atoms. The maximum absolute atomic E-state index is 12.5. The molecule has 0 amide bonds. The highest BCUT2D eigenvalue weighted by molar-refractivity contribution is 9.10. The Morgan fingerprint density at radius 3 is 2.58 bits per heavy atom. The molecule has 0 aliphatic rings. The van der Waals surface area contributed by atoms with Crippen LogP contribution in [0.25, 0.3) is 15.8 Å². The number of halogens is 1. The fraction of sp³-hybridized carbons (Fsp3) is 0.133. The van der Waals surface area contributed by atoms with E-state index in [-0.39, 0.29) is 5.56 Å². The molecule has 3 aromatic rings. The lowest BCUT2D eigenvalue weighted by Gasteiger charge is -2.09. The van der Waals surface area contributed by atoms with Gasteiger partial charge in [-0.25, -0.2) is 3.96 Å². The number of benzene rings is 2. The molecule has 0 saturated heterocycles. The van der Waals surface area contributed by atoms with E-state index in [9.17, 15) is 4.79 Å². The minimum atomic E-state index is 0.0493. The second-order valence-corrected chi connectivity index (χ2v) is 6.44. The molecule has 0 spiro atoms. The first kappa shape index (κ1) is 12.6. The van der Waals surface area contributed by atoms with E-state index in [1.54, 1.807) is 3.96 Å². The molecule has 0 unspecified atom stereocenters. The van der Waals surface area contributed by atoms with Crippen molar-refractivity contribution < 1.29 is 0 Å². The number of hydrogen-bond acceptors (Lipinski definition) is 2. The van der Waals surface area contributed by atoms with Crippen LogP contribution in [-0.2, 0) is 0 Å². The Morgan fingerprint density at radius 1 is 1.16 bits per heavy atom. The van der Waals surface area contributed by atoms with Crippen LogP contribution < -0.4 is 5.56 Å². The summed E-state index contributed by atoms with van der Waals surface area (Å²) in [5.74, 6) is 0. The fourth-order valence-electron chi connectivity index (χ4n) is 2.28. The Labute approximate surface area is 123 Å². The van der Waals surface area contributed by atoms with Crippen LogP contribution in [0, 0.1) is 13.8 Å². The molecular weight excluding hydrogens is 322 g/mol. The van der Waals surface area contributed by atoms with Crippen molar-refractivity contribution >= 4 is 37.5 Å². The molecule has 0 N–H and O–H groups in total. The summed E-state index contributed by atoms with van der Waals surface area (Å²) in [6.07, 6.45) is 0. The van der Waals surface area contributed by atoms with Crippen molar-refractivity contribution in [2.45, 2.75) is 13.8 Å². The van der Waals surface area contributed by atoms with Gasteiger partial charge >= 0.3 is 0 Å². The van der Waals surface area contributed by atoms with Gasteiger partial charge in [-0.05, 0) is 59.1 Å². The summed E-state index contributed by atoms with van der Waals surface area (Å²) < 4.78 is 3.74. The SMILES string of the molecule is Cc1cc(C)c(-n2sc3ccccc3c2=O)c(Br)c1. The fourth-order valence-corrected chi connectivity index (χ4v) is 4.36. The number of fused-ring (bicyclic) bond motifs is 1. The smallest absolute Gasteiger partial charge is 0.267 e. The third-order valence-electron chi connectivity index (χ3n) is 3.09. The van der Waals surface area contributed by atoms with E-state index in [4.69, 9.17) is 0 Å². The molecule has 3 rings (SSSR count). The number of hydrogen-bond donors (Lipinski definition) is 0. The zero-order valence-electron chi connectivity index (χ0n) is 10.6. The van der Waals surface area contributed by atoms with Crippen LogP contribution >= 0.6 is 27.5 Å². The molecule has 96 valence electrons. The highest BCUT2D eigenvalue weighted by Gasteiger charge is 2.13. The second-order valence-electron chi connectivity index (χ2n) is 4.60. The molecule has 0 atom stereocenters. The lowest BCUT2D eigenvalue weighted by molar-refractivity contribution is 1.10. The van der Waals surface area contributed by atoms with Crippen LogP contribution in [0.1, 0.15) is 11.1 Å². The van der Waals surface area contributed by atoms with Gasteiger partial charge in [-0.2, -0.15) is 0 Å². The molecule has 0 saturated carbocycles. The Balaban J connectivity index is 2.37. The van der Waals surface area contributed by atoms with Crippen molar-refractivity contribution in [2.24, 2.45) is 0 Å². The van der Waals surface area contributed by atoms with Crippen LogP contribution in [-0.4, -0.2) is 3.96 Å². The Kier molecular flexibility index (Phi) is 3.07. The summed E-state index contributed by atoms with van der Waals surface area (Å²) in [4.78, 5) is 12.5. The topological polar surface area (TPSA) is 22.0 Å². The van der Waals surface area contributed by atoms with E-state index in [1.165, 1.54) is 17.1 Å². The number of rotatable bonds is 1. The van der Waals surface area contributed by atoms with E-state index < -0.39 is 0 Å². The van der Waals surface area contributed by atoms with Crippen molar-refractivity contribution in [1.29, 1.82) is 0 Å². The molecule has 1 aromatic heterocycles. The Bertz CT molecular complexity index is 809. The molecule has 0 radical (unpaired) electrons. The van der Waals surface area contributed by atoms with Crippen molar-refractivity contribution in [1.82, 2.24) is 3.96 Å². The summed E-state index contributed by atoms with van der Waals surface area (Å²) in [7, 11) is 0. The van der Waals surface area contributed by atoms with E-state index in [1.807, 2.05) is 37.3 Å². The van der Waals surface area contributed by atoms with E-state index in [0.29, 0.717) is 0 Å². The van der Waals surface area contributed by atoms with Gasteiger partial charge in [0.25, 0.3) is 5.56 Å². The number of aryl methyl sites for hydroxylation is 2. The molecule has 1 heterocycles. The van der Waals surface area contributed by atoms with Gasteiger partial charge in [0.05, 0.1) is 15.8 Å². The van der Waals surface area contributed by atoms with Crippen molar-refractivity contribution in [2.75, 3.05) is 0 Å². The predicted molar refractivity (Wildman–Crippen MR) is 84.6 cm³/mol. The van der Waals surface area contributed by atoms with E-state index in [2.05, 4.69) is 28.9 Å². The van der Waals surface area contributed by atoms with Gasteiger partial charge in [0.15, 0.2) is 0 Å². The minimum absolute atomic E-state index is 0.0493. The van der Waals surface area contributed by atoms with E-state index in [0.717, 1.165) is 25.8 Å². The molecule has 2 nitrogen and oxygen atoms in total. The van der Waals surface area contributed by atoms with Gasteiger partial charge < -0.3 is 0 Å². The molecule has 2 aromatic carbocycles. The van der Waals surface area contributed by atoms with Crippen LogP contribution in [0.15, 0.2) is 45.7 Å². The summed E-state index contributed by atoms with van der Waals surface area (Å²) in [5, 5.41) is 0.777. The number of nitrogens with zero attached hydrogens (tertiary/aromatic N) is 1. The van der Waals surface area contributed by atoms with Crippen molar-refractivity contribution in [3.05, 3.63) is 62.4 Å². The van der Waals surface area contributed by atoms with Gasteiger partial charge in [-0.1, -0.05) is 29.7 Å². The van der Waals surface area contributed by atoms with Gasteiger partial charge in [0.2, 0.25) is 0 Å². The molecule has 0 fully saturated rings. The summed E-state index contributed by atoms with van der Waals surface area (Å²) in [5.41, 5.74) is 3.27. The number of aromatic nitrogens is 1. The van der Waals surface area contributed by atoms with Gasteiger partial charge in [0, 0.05) is 4.47 Å². The van der Waals surface area contributed by atoms with Crippen LogP contribution in [0.2, 0.25) is 0 Å². The predicted octanol–water partition coefficient (Wildman–Crippen LogP) is 4.43. The standard InChI is InChI=1S/C15H12BrNOS/c1-9-7-10(2)14(12(16)8-9)17-15(18)11-5-3-4-6-13(11)19-17/h3-8H,1-2H3. The average molecular weight is 334 g/mol. The van der Waals surface area contributed by atoms with Crippen molar-refractivity contribution in [3.8, 4) is 5.69 Å². The lowest BCUT2D eigenvalue weighted by Crippen LogP contribution is -2.12. The molecule has 0 aliphatic carbocycles. The summed E-state index contributed by atoms with van der Waals surface area (Å²) >= 11 is 5.06. The zero-order valence-corrected chi connectivity index (χ0v) is 13.0. The highest BCUT2D eigenvalue weighted by atomic mass is 79.9. The molecule has 0 aliphatic heterocycles. The first-order valence-electron chi connectivity index (χ1n) is 5.96. The second kappa shape index (κ2) is 4.62. The van der Waals surface area contributed by atoms with Crippen molar-refractivity contribution in [3.63, 3.8) is 0 Å².